The molecule has 2 rings (SSSR count). The molecule has 0 aromatic carbocycles. The summed E-state index contributed by atoms with van der Waals surface area (Å²) in [5.74, 6) is 0.259. The maximum atomic E-state index is 12.1. The van der Waals surface area contributed by atoms with Crippen LogP contribution in [0, 0.1) is 0 Å². The number of likely N-dealkylation sites (tertiary alicyclic amines) is 1. The van der Waals surface area contributed by atoms with Crippen LogP contribution in [0.4, 0.5) is 0 Å². The van der Waals surface area contributed by atoms with Crippen molar-refractivity contribution < 1.29 is 14.3 Å². The van der Waals surface area contributed by atoms with Gasteiger partial charge < -0.3 is 14.4 Å². The van der Waals surface area contributed by atoms with Crippen molar-refractivity contribution in [3.05, 3.63) is 0 Å². The van der Waals surface area contributed by atoms with Crippen LogP contribution in [-0.4, -0.2) is 49.8 Å². The average Bonchev–Trinajstić information content (AvgIpc) is 2.87. The fraction of sp³-hybridized carbons (Fsp3) is 0.933. The van der Waals surface area contributed by atoms with Crippen LogP contribution in [0.15, 0.2) is 0 Å². The van der Waals surface area contributed by atoms with E-state index in [0.29, 0.717) is 19.6 Å². The molecule has 0 saturated carbocycles. The third-order valence-electron chi connectivity index (χ3n) is 4.00. The summed E-state index contributed by atoms with van der Waals surface area (Å²) in [6.45, 7) is 3.92. The molecule has 19 heavy (non-hydrogen) atoms. The van der Waals surface area contributed by atoms with E-state index in [9.17, 15) is 4.79 Å². The monoisotopic (exact) mass is 269 g/mol. The molecule has 0 spiro atoms. The lowest BCUT2D eigenvalue weighted by Gasteiger charge is -2.24. The van der Waals surface area contributed by atoms with Crippen molar-refractivity contribution in [1.29, 1.82) is 0 Å². The van der Waals surface area contributed by atoms with Gasteiger partial charge in [-0.05, 0) is 25.7 Å². The third kappa shape index (κ3) is 5.49. The van der Waals surface area contributed by atoms with E-state index in [-0.39, 0.29) is 12.0 Å². The molecule has 0 aliphatic carbocycles. The second-order valence-corrected chi connectivity index (χ2v) is 5.61. The van der Waals surface area contributed by atoms with Gasteiger partial charge in [0.25, 0.3) is 0 Å². The molecule has 2 fully saturated rings. The molecule has 1 unspecified atom stereocenters. The Hall–Kier alpha value is -0.610. The van der Waals surface area contributed by atoms with Crippen molar-refractivity contribution in [2.45, 2.75) is 57.5 Å². The summed E-state index contributed by atoms with van der Waals surface area (Å²) in [6.07, 6.45) is 9.18. The average molecular weight is 269 g/mol. The minimum atomic E-state index is 0.259. The lowest BCUT2D eigenvalue weighted by molar-refractivity contribution is -0.133. The minimum absolute atomic E-state index is 0.259. The maximum absolute atomic E-state index is 12.1. The zero-order valence-corrected chi connectivity index (χ0v) is 11.9. The summed E-state index contributed by atoms with van der Waals surface area (Å²) in [4.78, 5) is 14.1. The van der Waals surface area contributed by atoms with Crippen molar-refractivity contribution >= 4 is 5.91 Å². The highest BCUT2D eigenvalue weighted by Gasteiger charge is 2.17. The third-order valence-corrected chi connectivity index (χ3v) is 4.00. The Bertz CT molecular complexity index is 256. The first kappa shape index (κ1) is 14.8. The van der Waals surface area contributed by atoms with E-state index < -0.39 is 0 Å². The first-order valence-corrected chi connectivity index (χ1v) is 7.83. The van der Waals surface area contributed by atoms with Gasteiger partial charge in [0.2, 0.25) is 5.91 Å². The Morgan fingerprint density at radius 1 is 1.11 bits per heavy atom. The van der Waals surface area contributed by atoms with Gasteiger partial charge in [0, 0.05) is 19.7 Å². The van der Waals surface area contributed by atoms with Gasteiger partial charge in [-0.3, -0.25) is 4.79 Å². The van der Waals surface area contributed by atoms with Crippen LogP contribution in [0.5, 0.6) is 0 Å². The summed E-state index contributed by atoms with van der Waals surface area (Å²) in [5, 5.41) is 0. The SMILES string of the molecule is O=C(CCOCC1CCCO1)N1CCCCCCC1. The summed E-state index contributed by atoms with van der Waals surface area (Å²) in [7, 11) is 0. The Kier molecular flexibility index (Phi) is 6.65. The molecule has 110 valence electrons. The summed E-state index contributed by atoms with van der Waals surface area (Å²) in [6, 6.07) is 0. The van der Waals surface area contributed by atoms with Crippen LogP contribution in [-0.2, 0) is 14.3 Å². The zero-order chi connectivity index (χ0) is 13.3. The number of nitrogens with zero attached hydrogens (tertiary/aromatic N) is 1. The number of amides is 1. The van der Waals surface area contributed by atoms with Gasteiger partial charge in [0.15, 0.2) is 0 Å². The predicted octanol–water partition coefficient (Wildman–Crippen LogP) is 2.36. The van der Waals surface area contributed by atoms with Gasteiger partial charge in [0.05, 0.1) is 25.7 Å². The number of ether oxygens (including phenoxy) is 2. The number of rotatable bonds is 5. The topological polar surface area (TPSA) is 38.8 Å². The van der Waals surface area contributed by atoms with Crippen molar-refractivity contribution in [3.8, 4) is 0 Å². The second kappa shape index (κ2) is 8.54. The van der Waals surface area contributed by atoms with E-state index in [0.717, 1.165) is 45.4 Å². The normalized spacial score (nSPS) is 25.1. The van der Waals surface area contributed by atoms with Crippen LogP contribution in [0.25, 0.3) is 0 Å². The van der Waals surface area contributed by atoms with Gasteiger partial charge in [-0.2, -0.15) is 0 Å². The van der Waals surface area contributed by atoms with Gasteiger partial charge >= 0.3 is 0 Å². The zero-order valence-electron chi connectivity index (χ0n) is 11.9. The molecule has 2 saturated heterocycles. The quantitative estimate of drug-likeness (QED) is 0.719. The summed E-state index contributed by atoms with van der Waals surface area (Å²) >= 11 is 0. The minimum Gasteiger partial charge on any atom is -0.378 e. The van der Waals surface area contributed by atoms with Crippen LogP contribution in [0.3, 0.4) is 0 Å². The van der Waals surface area contributed by atoms with E-state index in [1.54, 1.807) is 0 Å². The highest BCUT2D eigenvalue weighted by Crippen LogP contribution is 2.13. The first-order chi connectivity index (χ1) is 9.36. The summed E-state index contributed by atoms with van der Waals surface area (Å²) in [5.41, 5.74) is 0. The molecule has 2 aliphatic heterocycles. The molecule has 1 amide bonds. The van der Waals surface area contributed by atoms with Gasteiger partial charge in [-0.25, -0.2) is 0 Å². The predicted molar refractivity (Wildman–Crippen MR) is 74.1 cm³/mol. The molecule has 0 radical (unpaired) electrons. The highest BCUT2D eigenvalue weighted by molar-refractivity contribution is 5.76. The van der Waals surface area contributed by atoms with E-state index in [1.807, 2.05) is 4.90 Å². The van der Waals surface area contributed by atoms with E-state index in [1.165, 1.54) is 19.3 Å². The Labute approximate surface area is 116 Å². The van der Waals surface area contributed by atoms with Crippen molar-refractivity contribution in [2.24, 2.45) is 0 Å². The molecule has 0 aromatic heterocycles. The number of carbonyl (C=O) groups is 1. The number of hydrogen-bond donors (Lipinski definition) is 0. The Morgan fingerprint density at radius 3 is 2.53 bits per heavy atom. The van der Waals surface area contributed by atoms with E-state index in [4.69, 9.17) is 9.47 Å². The van der Waals surface area contributed by atoms with Crippen LogP contribution >= 0.6 is 0 Å². The first-order valence-electron chi connectivity index (χ1n) is 7.83. The van der Waals surface area contributed by atoms with Crippen molar-refractivity contribution in [3.63, 3.8) is 0 Å². The highest BCUT2D eigenvalue weighted by atomic mass is 16.5. The maximum Gasteiger partial charge on any atom is 0.224 e. The fourth-order valence-corrected chi connectivity index (χ4v) is 2.81. The fourth-order valence-electron chi connectivity index (χ4n) is 2.81. The number of hydrogen-bond acceptors (Lipinski definition) is 3. The lowest BCUT2D eigenvalue weighted by Crippen LogP contribution is -2.34. The molecular formula is C15H27NO3. The van der Waals surface area contributed by atoms with Gasteiger partial charge in [-0.1, -0.05) is 19.3 Å². The second-order valence-electron chi connectivity index (χ2n) is 5.61. The lowest BCUT2D eigenvalue weighted by atomic mass is 10.1. The smallest absolute Gasteiger partial charge is 0.224 e. The Balaban J connectivity index is 1.57. The molecule has 0 bridgehead atoms. The summed E-state index contributed by atoms with van der Waals surface area (Å²) < 4.78 is 11.0. The molecule has 0 N–H and O–H groups in total. The molecule has 2 aliphatic rings. The van der Waals surface area contributed by atoms with Gasteiger partial charge in [-0.15, -0.1) is 0 Å². The Morgan fingerprint density at radius 2 is 1.84 bits per heavy atom. The van der Waals surface area contributed by atoms with E-state index in [2.05, 4.69) is 0 Å². The van der Waals surface area contributed by atoms with E-state index >= 15 is 0 Å². The molecule has 4 heteroatoms. The molecule has 0 aromatic rings. The number of carbonyl (C=O) groups excluding carboxylic acids is 1. The van der Waals surface area contributed by atoms with Crippen LogP contribution in [0.2, 0.25) is 0 Å². The largest absolute Gasteiger partial charge is 0.378 e. The molecule has 2 heterocycles. The van der Waals surface area contributed by atoms with Gasteiger partial charge in [0.1, 0.15) is 0 Å². The van der Waals surface area contributed by atoms with Crippen molar-refractivity contribution in [1.82, 2.24) is 4.90 Å². The molecule has 1 atom stereocenters. The van der Waals surface area contributed by atoms with Crippen molar-refractivity contribution in [2.75, 3.05) is 32.9 Å². The van der Waals surface area contributed by atoms with Crippen LogP contribution in [0.1, 0.15) is 51.4 Å². The molecule has 4 nitrogen and oxygen atoms in total. The van der Waals surface area contributed by atoms with Crippen LogP contribution < -0.4 is 0 Å². The standard InChI is InChI=1S/C15H27NO3/c17-15(16-9-4-2-1-3-5-10-16)8-12-18-13-14-7-6-11-19-14/h14H,1-13H2. The molecular weight excluding hydrogens is 242 g/mol.